The third-order valence-corrected chi connectivity index (χ3v) is 4.99. The summed E-state index contributed by atoms with van der Waals surface area (Å²) in [4.78, 5) is 9.58. The third kappa shape index (κ3) is 4.25. The lowest BCUT2D eigenvalue weighted by atomic mass is 10.00. The second-order valence-corrected chi connectivity index (χ2v) is 6.95. The Kier molecular flexibility index (Phi) is 5.48. The van der Waals surface area contributed by atoms with Crippen molar-refractivity contribution in [3.8, 4) is 0 Å². The summed E-state index contributed by atoms with van der Waals surface area (Å²) in [6, 6.07) is 32.5. The van der Waals surface area contributed by atoms with Gasteiger partial charge in [0.1, 0.15) is 5.84 Å². The Balaban J connectivity index is 1.77. The Morgan fingerprint density at radius 1 is 0.724 bits per heavy atom. The summed E-state index contributed by atoms with van der Waals surface area (Å²) in [5.41, 5.74) is 10.6. The number of amidine groups is 2. The molecule has 0 saturated heterocycles. The van der Waals surface area contributed by atoms with E-state index in [0.29, 0.717) is 18.2 Å². The highest BCUT2D eigenvalue weighted by Gasteiger charge is 2.08. The molecule has 2 N–H and O–H groups in total. The van der Waals surface area contributed by atoms with Gasteiger partial charge in [-0.25, -0.2) is 4.99 Å². The smallest absolute Gasteiger partial charge is 0.157 e. The molecule has 0 fully saturated rings. The Morgan fingerprint density at radius 2 is 1.34 bits per heavy atom. The number of benzene rings is 4. The molecule has 0 spiro atoms. The molecule has 0 aliphatic rings. The summed E-state index contributed by atoms with van der Waals surface area (Å²) in [5.74, 6) is 1.10. The minimum atomic E-state index is 0.461. The van der Waals surface area contributed by atoms with Crippen molar-refractivity contribution in [1.82, 2.24) is 0 Å². The molecule has 142 valence electrons. The lowest BCUT2D eigenvalue weighted by Crippen LogP contribution is -2.16. The van der Waals surface area contributed by atoms with Gasteiger partial charge < -0.3 is 5.73 Å². The van der Waals surface area contributed by atoms with E-state index in [0.717, 1.165) is 11.1 Å². The van der Waals surface area contributed by atoms with Gasteiger partial charge >= 0.3 is 0 Å². The molecular weight excluding hydrogens is 354 g/mol. The first kappa shape index (κ1) is 18.6. The van der Waals surface area contributed by atoms with Crippen LogP contribution in [0.4, 0.5) is 0 Å². The average molecular weight is 377 g/mol. The molecule has 3 nitrogen and oxygen atoms in total. The number of aliphatic imine (C=N–C) groups is 2. The molecule has 0 atom stereocenters. The molecule has 0 aliphatic carbocycles. The Morgan fingerprint density at radius 3 is 2.07 bits per heavy atom. The molecule has 4 aromatic rings. The van der Waals surface area contributed by atoms with Gasteiger partial charge in [-0.2, -0.15) is 0 Å². The number of hydrogen-bond donors (Lipinski definition) is 1. The number of fused-ring (bicyclic) bond motifs is 1. The summed E-state index contributed by atoms with van der Waals surface area (Å²) in [6.07, 6.45) is 0. The van der Waals surface area contributed by atoms with Crippen LogP contribution in [0.25, 0.3) is 10.8 Å². The number of rotatable bonds is 4. The zero-order chi connectivity index (χ0) is 20.1. The second-order valence-electron chi connectivity index (χ2n) is 6.95. The van der Waals surface area contributed by atoms with Crippen LogP contribution in [0, 0.1) is 6.92 Å². The van der Waals surface area contributed by atoms with Crippen molar-refractivity contribution in [3.63, 3.8) is 0 Å². The van der Waals surface area contributed by atoms with Crippen molar-refractivity contribution < 1.29 is 0 Å². The largest absolute Gasteiger partial charge is 0.383 e. The van der Waals surface area contributed by atoms with Crippen molar-refractivity contribution in [2.75, 3.05) is 0 Å². The maximum atomic E-state index is 6.29. The van der Waals surface area contributed by atoms with Crippen molar-refractivity contribution in [3.05, 3.63) is 119 Å². The van der Waals surface area contributed by atoms with E-state index in [4.69, 9.17) is 10.7 Å². The van der Waals surface area contributed by atoms with Gasteiger partial charge in [0.15, 0.2) is 5.84 Å². The van der Waals surface area contributed by atoms with E-state index in [9.17, 15) is 0 Å². The fourth-order valence-electron chi connectivity index (χ4n) is 3.37. The molecular formula is C26H23N3. The summed E-state index contributed by atoms with van der Waals surface area (Å²) >= 11 is 0. The van der Waals surface area contributed by atoms with E-state index in [1.54, 1.807) is 0 Å². The number of nitrogens with two attached hydrogens (primary N) is 1. The molecule has 0 unspecified atom stereocenters. The van der Waals surface area contributed by atoms with Gasteiger partial charge in [-0.3, -0.25) is 4.99 Å². The van der Waals surface area contributed by atoms with Gasteiger partial charge in [-0.15, -0.1) is 0 Å². The molecule has 0 bridgehead atoms. The monoisotopic (exact) mass is 377 g/mol. The van der Waals surface area contributed by atoms with E-state index in [2.05, 4.69) is 48.3 Å². The van der Waals surface area contributed by atoms with Gasteiger partial charge in [-0.05, 0) is 28.8 Å². The maximum Gasteiger partial charge on any atom is 0.157 e. The van der Waals surface area contributed by atoms with Gasteiger partial charge in [0.05, 0.1) is 6.54 Å². The van der Waals surface area contributed by atoms with Gasteiger partial charge in [-0.1, -0.05) is 97.1 Å². The highest BCUT2D eigenvalue weighted by atomic mass is 15.0. The van der Waals surface area contributed by atoms with Crippen molar-refractivity contribution in [1.29, 1.82) is 0 Å². The zero-order valence-electron chi connectivity index (χ0n) is 16.4. The fraction of sp³-hybridized carbons (Fsp3) is 0.0769. The highest BCUT2D eigenvalue weighted by molar-refractivity contribution is 6.10. The number of nitrogens with zero attached hydrogens (tertiary/aromatic N) is 2. The minimum Gasteiger partial charge on any atom is -0.383 e. The molecule has 0 saturated carbocycles. The van der Waals surface area contributed by atoms with Crippen LogP contribution in [0.15, 0.2) is 107 Å². The minimum absolute atomic E-state index is 0.461. The predicted octanol–water partition coefficient (Wildman–Crippen LogP) is 5.50. The second kappa shape index (κ2) is 8.53. The SMILES string of the molecule is Cc1ccc2ccccc2c1CN=C(N=C(N)c1ccccc1)c1ccccc1. The molecule has 0 radical (unpaired) electrons. The Bertz CT molecular complexity index is 1180. The highest BCUT2D eigenvalue weighted by Crippen LogP contribution is 2.23. The lowest BCUT2D eigenvalue weighted by molar-refractivity contribution is 1.06. The number of aryl methyl sites for hydroxylation is 1. The van der Waals surface area contributed by atoms with Crippen LogP contribution < -0.4 is 5.73 Å². The summed E-state index contributed by atoms with van der Waals surface area (Å²) in [6.45, 7) is 2.67. The van der Waals surface area contributed by atoms with E-state index < -0.39 is 0 Å². The maximum absolute atomic E-state index is 6.29. The molecule has 0 aromatic heterocycles. The van der Waals surface area contributed by atoms with E-state index >= 15 is 0 Å². The molecule has 29 heavy (non-hydrogen) atoms. The van der Waals surface area contributed by atoms with Gasteiger partial charge in [0, 0.05) is 11.1 Å². The van der Waals surface area contributed by atoms with Gasteiger partial charge in [0.2, 0.25) is 0 Å². The van der Waals surface area contributed by atoms with E-state index in [1.165, 1.54) is 21.9 Å². The summed E-state index contributed by atoms with van der Waals surface area (Å²) < 4.78 is 0. The topological polar surface area (TPSA) is 50.7 Å². The standard InChI is InChI=1S/C26H23N3/c1-19-16-17-20-10-8-9-15-23(20)24(19)18-28-26(22-13-6-3-7-14-22)29-25(27)21-11-4-2-5-12-21/h2-17H,18H2,1H3,(H2,27,28,29). The van der Waals surface area contributed by atoms with Crippen LogP contribution in [0.2, 0.25) is 0 Å². The molecule has 0 amide bonds. The van der Waals surface area contributed by atoms with Crippen LogP contribution in [0.1, 0.15) is 22.3 Å². The molecule has 0 heterocycles. The van der Waals surface area contributed by atoms with Crippen molar-refractivity contribution in [2.45, 2.75) is 13.5 Å². The van der Waals surface area contributed by atoms with Crippen LogP contribution >= 0.6 is 0 Å². The first-order valence-electron chi connectivity index (χ1n) is 9.69. The zero-order valence-corrected chi connectivity index (χ0v) is 16.4. The van der Waals surface area contributed by atoms with Gasteiger partial charge in [0.25, 0.3) is 0 Å². The average Bonchev–Trinajstić information content (AvgIpc) is 2.78. The number of hydrogen-bond acceptors (Lipinski definition) is 1. The quantitative estimate of drug-likeness (QED) is 0.370. The Labute approximate surface area is 171 Å². The van der Waals surface area contributed by atoms with Crippen LogP contribution in [0.5, 0.6) is 0 Å². The van der Waals surface area contributed by atoms with E-state index in [-0.39, 0.29) is 0 Å². The van der Waals surface area contributed by atoms with Crippen molar-refractivity contribution in [2.24, 2.45) is 15.7 Å². The summed E-state index contributed by atoms with van der Waals surface area (Å²) in [5, 5.41) is 2.44. The summed E-state index contributed by atoms with van der Waals surface area (Å²) in [7, 11) is 0. The van der Waals surface area contributed by atoms with Crippen LogP contribution in [-0.4, -0.2) is 11.7 Å². The molecule has 0 aliphatic heterocycles. The lowest BCUT2D eigenvalue weighted by Gasteiger charge is -2.10. The van der Waals surface area contributed by atoms with Crippen LogP contribution in [-0.2, 0) is 6.54 Å². The molecule has 4 aromatic carbocycles. The first-order chi connectivity index (χ1) is 14.2. The first-order valence-corrected chi connectivity index (χ1v) is 9.69. The normalized spacial score (nSPS) is 12.3. The molecule has 3 heteroatoms. The third-order valence-electron chi connectivity index (χ3n) is 4.99. The fourth-order valence-corrected chi connectivity index (χ4v) is 3.37. The Hall–Kier alpha value is -3.72. The van der Waals surface area contributed by atoms with Crippen LogP contribution in [0.3, 0.4) is 0 Å². The molecule has 4 rings (SSSR count). The predicted molar refractivity (Wildman–Crippen MR) is 123 cm³/mol. The van der Waals surface area contributed by atoms with Crippen molar-refractivity contribution >= 4 is 22.4 Å². The van der Waals surface area contributed by atoms with E-state index in [1.807, 2.05) is 60.7 Å².